The van der Waals surface area contributed by atoms with E-state index in [-0.39, 0.29) is 0 Å². The van der Waals surface area contributed by atoms with Crippen molar-refractivity contribution in [2.24, 2.45) is 9.98 Å². The van der Waals surface area contributed by atoms with Crippen LogP contribution in [0.2, 0.25) is 0 Å². The van der Waals surface area contributed by atoms with E-state index >= 15 is 0 Å². The summed E-state index contributed by atoms with van der Waals surface area (Å²) in [5, 5.41) is 0. The summed E-state index contributed by atoms with van der Waals surface area (Å²) in [5.41, 5.74) is 5.20. The van der Waals surface area contributed by atoms with Gasteiger partial charge in [0.25, 0.3) is 0 Å². The number of fused-ring (bicyclic) bond motifs is 4. The van der Waals surface area contributed by atoms with E-state index in [1.807, 2.05) is 6.34 Å². The first-order valence-electron chi connectivity index (χ1n) is 7.07. The number of benzene rings is 1. The lowest BCUT2D eigenvalue weighted by Gasteiger charge is -2.31. The van der Waals surface area contributed by atoms with Crippen molar-refractivity contribution in [3.05, 3.63) is 41.0 Å². The Hall–Kier alpha value is -1.90. The molecule has 4 rings (SSSR count). The van der Waals surface area contributed by atoms with Crippen molar-refractivity contribution in [1.82, 2.24) is 4.90 Å². The minimum absolute atomic E-state index is 0.505. The zero-order valence-electron chi connectivity index (χ0n) is 11.1. The van der Waals surface area contributed by atoms with Crippen LogP contribution in [0.5, 0.6) is 0 Å². The quantitative estimate of drug-likeness (QED) is 0.754. The lowest BCUT2D eigenvalue weighted by atomic mass is 9.88. The molecule has 3 heteroatoms. The second-order valence-corrected chi connectivity index (χ2v) is 5.36. The molecule has 1 aliphatic carbocycles. The second kappa shape index (κ2) is 4.05. The average Bonchev–Trinajstić information content (AvgIpc) is 2.90. The van der Waals surface area contributed by atoms with E-state index in [1.165, 1.54) is 22.5 Å². The summed E-state index contributed by atoms with van der Waals surface area (Å²) >= 11 is 0. The Morgan fingerprint density at radius 3 is 3.05 bits per heavy atom. The van der Waals surface area contributed by atoms with Gasteiger partial charge in [-0.2, -0.15) is 0 Å². The van der Waals surface area contributed by atoms with Crippen LogP contribution in [0, 0.1) is 0 Å². The highest BCUT2D eigenvalue weighted by atomic mass is 15.3. The van der Waals surface area contributed by atoms with E-state index in [0.29, 0.717) is 6.04 Å². The van der Waals surface area contributed by atoms with Gasteiger partial charge >= 0.3 is 0 Å². The van der Waals surface area contributed by atoms with Gasteiger partial charge in [0.05, 0.1) is 24.6 Å². The van der Waals surface area contributed by atoms with Crippen LogP contribution < -0.4 is 0 Å². The molecule has 2 heterocycles. The van der Waals surface area contributed by atoms with Crippen molar-refractivity contribution in [1.29, 1.82) is 0 Å². The van der Waals surface area contributed by atoms with Gasteiger partial charge in [0.1, 0.15) is 5.84 Å². The van der Waals surface area contributed by atoms with Gasteiger partial charge in [-0.15, -0.1) is 0 Å². The van der Waals surface area contributed by atoms with Crippen LogP contribution >= 0.6 is 0 Å². The molecule has 3 nitrogen and oxygen atoms in total. The Bertz CT molecular complexity index is 625. The summed E-state index contributed by atoms with van der Waals surface area (Å²) in [6.45, 7) is 3.13. The Balaban J connectivity index is 1.83. The van der Waals surface area contributed by atoms with Crippen molar-refractivity contribution in [3.8, 4) is 0 Å². The van der Waals surface area contributed by atoms with E-state index in [2.05, 4.69) is 36.1 Å². The molecule has 2 aliphatic heterocycles. The highest BCUT2D eigenvalue weighted by Crippen LogP contribution is 2.36. The summed E-state index contributed by atoms with van der Waals surface area (Å²) < 4.78 is 0. The summed E-state index contributed by atoms with van der Waals surface area (Å²) in [7, 11) is 0. The first-order chi connectivity index (χ1) is 9.38. The first-order valence-corrected chi connectivity index (χ1v) is 7.07. The number of rotatable bonds is 1. The predicted octanol–water partition coefficient (Wildman–Crippen LogP) is 2.88. The number of hydrogen-bond donors (Lipinski definition) is 0. The van der Waals surface area contributed by atoms with E-state index in [0.717, 1.165) is 31.5 Å². The van der Waals surface area contributed by atoms with Gasteiger partial charge in [-0.25, -0.2) is 4.99 Å². The molecule has 0 radical (unpaired) electrons. The third-order valence-electron chi connectivity index (χ3n) is 4.34. The van der Waals surface area contributed by atoms with E-state index in [4.69, 9.17) is 9.98 Å². The van der Waals surface area contributed by atoms with Crippen LogP contribution in [0.1, 0.15) is 30.9 Å². The molecule has 0 bridgehead atoms. The molecule has 1 atom stereocenters. The fourth-order valence-corrected chi connectivity index (χ4v) is 3.26. The fraction of sp³-hybridized carbons (Fsp3) is 0.375. The van der Waals surface area contributed by atoms with E-state index < -0.39 is 0 Å². The van der Waals surface area contributed by atoms with Gasteiger partial charge in [-0.3, -0.25) is 4.99 Å². The minimum atomic E-state index is 0.505. The fourth-order valence-electron chi connectivity index (χ4n) is 3.26. The molecule has 3 aliphatic rings. The first kappa shape index (κ1) is 11.0. The second-order valence-electron chi connectivity index (χ2n) is 5.36. The van der Waals surface area contributed by atoms with Crippen molar-refractivity contribution < 1.29 is 0 Å². The molecule has 0 fully saturated rings. The van der Waals surface area contributed by atoms with Gasteiger partial charge in [-0.1, -0.05) is 31.2 Å². The maximum absolute atomic E-state index is 4.76. The number of amidine groups is 1. The lowest BCUT2D eigenvalue weighted by molar-refractivity contribution is 0.470. The van der Waals surface area contributed by atoms with Crippen molar-refractivity contribution in [2.45, 2.75) is 32.2 Å². The topological polar surface area (TPSA) is 28.0 Å². The highest BCUT2D eigenvalue weighted by molar-refractivity contribution is 6.14. The Kier molecular flexibility index (Phi) is 2.34. The number of hydrogen-bond acceptors (Lipinski definition) is 3. The largest absolute Gasteiger partial charge is 0.312 e. The third kappa shape index (κ3) is 1.51. The number of nitrogens with zero attached hydrogens (tertiary/aromatic N) is 3. The van der Waals surface area contributed by atoms with Crippen LogP contribution in [-0.2, 0) is 6.42 Å². The van der Waals surface area contributed by atoms with Gasteiger partial charge in [0, 0.05) is 11.1 Å². The molecule has 0 aromatic heterocycles. The Labute approximate surface area is 113 Å². The van der Waals surface area contributed by atoms with Crippen LogP contribution in [0.3, 0.4) is 0 Å². The molecule has 1 aromatic rings. The lowest BCUT2D eigenvalue weighted by Crippen LogP contribution is -2.38. The van der Waals surface area contributed by atoms with Crippen molar-refractivity contribution in [3.63, 3.8) is 0 Å². The average molecular weight is 251 g/mol. The molecule has 0 amide bonds. The third-order valence-corrected chi connectivity index (χ3v) is 4.34. The molecular weight excluding hydrogens is 234 g/mol. The summed E-state index contributed by atoms with van der Waals surface area (Å²) in [4.78, 5) is 11.8. The Morgan fingerprint density at radius 2 is 2.16 bits per heavy atom. The van der Waals surface area contributed by atoms with Crippen LogP contribution in [0.4, 0.5) is 0 Å². The molecule has 1 unspecified atom stereocenters. The standard InChI is InChI=1S/C16H17N3/c1-2-12-9-17-16-14-8-7-11-5-3-4-6-13(11)15(14)18-10-19(12)16/h3-6,10,12H,2,7-9H2,1H3. The molecular formula is C16H17N3. The highest BCUT2D eigenvalue weighted by Gasteiger charge is 2.33. The summed E-state index contributed by atoms with van der Waals surface area (Å²) in [6, 6.07) is 9.12. The number of aliphatic imine (C=N–C) groups is 2. The smallest absolute Gasteiger partial charge is 0.134 e. The molecule has 0 N–H and O–H groups in total. The van der Waals surface area contributed by atoms with Gasteiger partial charge in [0.15, 0.2) is 0 Å². The SMILES string of the molecule is CCC1CN=C2C3=C(N=CN21)c1ccccc1CC3. The monoisotopic (exact) mass is 251 g/mol. The molecule has 19 heavy (non-hydrogen) atoms. The molecule has 0 saturated heterocycles. The van der Waals surface area contributed by atoms with Gasteiger partial charge < -0.3 is 4.90 Å². The minimum Gasteiger partial charge on any atom is -0.312 e. The van der Waals surface area contributed by atoms with Gasteiger partial charge in [0.2, 0.25) is 0 Å². The molecule has 96 valence electrons. The normalized spacial score (nSPS) is 23.9. The van der Waals surface area contributed by atoms with Crippen molar-refractivity contribution in [2.75, 3.05) is 6.54 Å². The summed E-state index contributed by atoms with van der Waals surface area (Å²) in [5.74, 6) is 1.17. The van der Waals surface area contributed by atoms with Crippen LogP contribution in [-0.4, -0.2) is 29.7 Å². The van der Waals surface area contributed by atoms with Crippen molar-refractivity contribution >= 4 is 17.9 Å². The maximum Gasteiger partial charge on any atom is 0.134 e. The zero-order valence-corrected chi connectivity index (χ0v) is 11.1. The summed E-state index contributed by atoms with van der Waals surface area (Å²) in [6.07, 6.45) is 5.28. The van der Waals surface area contributed by atoms with Gasteiger partial charge in [-0.05, 0) is 24.8 Å². The number of aryl methyl sites for hydroxylation is 1. The zero-order chi connectivity index (χ0) is 12.8. The molecule has 0 spiro atoms. The predicted molar refractivity (Wildman–Crippen MR) is 78.4 cm³/mol. The molecule has 1 aromatic carbocycles. The van der Waals surface area contributed by atoms with Crippen LogP contribution in [0.25, 0.3) is 5.70 Å². The maximum atomic E-state index is 4.76. The molecule has 0 saturated carbocycles. The van der Waals surface area contributed by atoms with E-state index in [9.17, 15) is 0 Å². The van der Waals surface area contributed by atoms with Crippen LogP contribution in [0.15, 0.2) is 39.8 Å². The van der Waals surface area contributed by atoms with E-state index in [1.54, 1.807) is 0 Å². The Morgan fingerprint density at radius 1 is 1.26 bits per heavy atom.